The minimum Gasteiger partial charge on any atom is -0.478 e. The van der Waals surface area contributed by atoms with Crippen molar-refractivity contribution >= 4 is 28.2 Å². The number of carbonyl (C=O) groups is 2. The molecule has 0 bridgehead atoms. The second kappa shape index (κ2) is 4.58. The van der Waals surface area contributed by atoms with Gasteiger partial charge < -0.3 is 5.11 Å². The zero-order chi connectivity index (χ0) is 10.6. The molecule has 1 aromatic carbocycles. The number of aromatic carboxylic acids is 1. The van der Waals surface area contributed by atoms with Gasteiger partial charge in [-0.1, -0.05) is 5.92 Å². The molecule has 0 fully saturated rings. The highest BCUT2D eigenvalue weighted by Crippen LogP contribution is 2.17. The number of benzene rings is 1. The zero-order valence-electron chi connectivity index (χ0n) is 6.95. The van der Waals surface area contributed by atoms with Crippen LogP contribution in [-0.4, -0.2) is 17.4 Å². The first kappa shape index (κ1) is 10.5. The largest absolute Gasteiger partial charge is 0.478 e. The number of carboxylic acid groups (broad SMARTS) is 1. The Morgan fingerprint density at radius 3 is 2.71 bits per heavy atom. The summed E-state index contributed by atoms with van der Waals surface area (Å²) in [7, 11) is 0. The van der Waals surface area contributed by atoms with Gasteiger partial charge in [-0.3, -0.25) is 4.79 Å². The molecule has 70 valence electrons. The minimum atomic E-state index is -0.999. The van der Waals surface area contributed by atoms with Gasteiger partial charge in [-0.2, -0.15) is 0 Å². The van der Waals surface area contributed by atoms with Crippen molar-refractivity contribution < 1.29 is 14.7 Å². The third kappa shape index (κ3) is 2.44. The molecular weight excluding hydrogens is 248 g/mol. The van der Waals surface area contributed by atoms with Crippen molar-refractivity contribution in [2.45, 2.75) is 0 Å². The Morgan fingerprint density at radius 2 is 2.21 bits per heavy atom. The third-order valence-electron chi connectivity index (χ3n) is 1.48. The van der Waals surface area contributed by atoms with Gasteiger partial charge in [0.15, 0.2) is 6.29 Å². The predicted octanol–water partition coefficient (Wildman–Crippen LogP) is 1.70. The molecule has 0 atom stereocenters. The smallest absolute Gasteiger partial charge is 0.335 e. The molecular formula is C10H5BrO3. The van der Waals surface area contributed by atoms with Crippen molar-refractivity contribution in [2.24, 2.45) is 0 Å². The molecule has 0 amide bonds. The maximum atomic E-state index is 10.6. The molecule has 0 aliphatic carbocycles. The van der Waals surface area contributed by atoms with Crippen molar-refractivity contribution in [2.75, 3.05) is 0 Å². The first-order valence-electron chi connectivity index (χ1n) is 3.63. The molecule has 3 nitrogen and oxygen atoms in total. The van der Waals surface area contributed by atoms with Gasteiger partial charge in [0.25, 0.3) is 0 Å². The average molecular weight is 253 g/mol. The van der Waals surface area contributed by atoms with Gasteiger partial charge in [0.2, 0.25) is 0 Å². The molecule has 0 spiro atoms. The van der Waals surface area contributed by atoms with Crippen LogP contribution < -0.4 is 0 Å². The summed E-state index contributed by atoms with van der Waals surface area (Å²) >= 11 is 3.16. The van der Waals surface area contributed by atoms with E-state index in [4.69, 9.17) is 5.11 Å². The van der Waals surface area contributed by atoms with E-state index < -0.39 is 5.97 Å². The number of carbonyl (C=O) groups excluding carboxylic acids is 1. The SMILES string of the molecule is O=CC#Cc1ccc(C(=O)O)cc1Br. The number of carboxylic acids is 1. The number of hydrogen-bond acceptors (Lipinski definition) is 2. The van der Waals surface area contributed by atoms with Crippen molar-refractivity contribution in [3.05, 3.63) is 33.8 Å². The first-order chi connectivity index (χ1) is 6.65. The monoisotopic (exact) mass is 252 g/mol. The van der Waals surface area contributed by atoms with Crippen LogP contribution in [-0.2, 0) is 4.79 Å². The summed E-state index contributed by atoms with van der Waals surface area (Å²) in [4.78, 5) is 20.5. The highest BCUT2D eigenvalue weighted by molar-refractivity contribution is 9.10. The van der Waals surface area contributed by atoms with Gasteiger partial charge in [0.1, 0.15) is 0 Å². The van der Waals surface area contributed by atoms with E-state index in [1.54, 1.807) is 6.07 Å². The van der Waals surface area contributed by atoms with E-state index in [0.717, 1.165) is 0 Å². The molecule has 1 aromatic rings. The molecule has 0 heterocycles. The summed E-state index contributed by atoms with van der Waals surface area (Å²) in [6.45, 7) is 0. The van der Waals surface area contributed by atoms with Crippen LogP contribution in [0.1, 0.15) is 15.9 Å². The van der Waals surface area contributed by atoms with Gasteiger partial charge in [-0.05, 0) is 40.0 Å². The van der Waals surface area contributed by atoms with Crippen LogP contribution in [0.15, 0.2) is 22.7 Å². The van der Waals surface area contributed by atoms with Gasteiger partial charge in [0.05, 0.1) is 5.56 Å². The van der Waals surface area contributed by atoms with E-state index in [-0.39, 0.29) is 5.56 Å². The molecule has 0 saturated carbocycles. The van der Waals surface area contributed by atoms with E-state index in [1.807, 2.05) is 0 Å². The normalized spacial score (nSPS) is 8.64. The fraction of sp³-hybridized carbons (Fsp3) is 0. The molecule has 0 aromatic heterocycles. The molecule has 0 unspecified atom stereocenters. The zero-order valence-corrected chi connectivity index (χ0v) is 8.54. The highest BCUT2D eigenvalue weighted by Gasteiger charge is 2.04. The van der Waals surface area contributed by atoms with E-state index in [9.17, 15) is 9.59 Å². The minimum absolute atomic E-state index is 0.175. The predicted molar refractivity (Wildman–Crippen MR) is 54.0 cm³/mol. The van der Waals surface area contributed by atoms with Crippen LogP contribution in [0.2, 0.25) is 0 Å². The summed E-state index contributed by atoms with van der Waals surface area (Å²) in [5.41, 5.74) is 0.760. The Hall–Kier alpha value is -1.60. The van der Waals surface area contributed by atoms with Crippen LogP contribution in [0.25, 0.3) is 0 Å². The maximum absolute atomic E-state index is 10.6. The Labute approximate surface area is 88.9 Å². The summed E-state index contributed by atoms with van der Waals surface area (Å²) in [6, 6.07) is 4.42. The standard InChI is InChI=1S/C10H5BrO3/c11-9-6-8(10(13)14)4-3-7(9)2-1-5-12/h3-6H,(H,13,14). The lowest BCUT2D eigenvalue weighted by atomic mass is 10.1. The topological polar surface area (TPSA) is 54.4 Å². The molecule has 0 aliphatic heterocycles. The van der Waals surface area contributed by atoms with Crippen LogP contribution in [0.5, 0.6) is 0 Å². The Bertz CT molecular complexity index is 440. The molecule has 1 N–H and O–H groups in total. The van der Waals surface area contributed by atoms with Crippen molar-refractivity contribution in [1.82, 2.24) is 0 Å². The van der Waals surface area contributed by atoms with Gasteiger partial charge in [-0.15, -0.1) is 0 Å². The first-order valence-corrected chi connectivity index (χ1v) is 4.42. The quantitative estimate of drug-likeness (QED) is 0.612. The molecule has 0 radical (unpaired) electrons. The Kier molecular flexibility index (Phi) is 3.43. The average Bonchev–Trinajstić information content (AvgIpc) is 2.15. The van der Waals surface area contributed by atoms with E-state index in [2.05, 4.69) is 27.8 Å². The van der Waals surface area contributed by atoms with E-state index in [0.29, 0.717) is 16.3 Å². The molecule has 1 rings (SSSR count). The van der Waals surface area contributed by atoms with E-state index in [1.165, 1.54) is 12.1 Å². The van der Waals surface area contributed by atoms with Crippen LogP contribution in [0.3, 0.4) is 0 Å². The summed E-state index contributed by atoms with van der Waals surface area (Å²) in [5.74, 6) is 3.82. The highest BCUT2D eigenvalue weighted by atomic mass is 79.9. The van der Waals surface area contributed by atoms with Gasteiger partial charge in [0, 0.05) is 10.0 Å². The fourth-order valence-electron chi connectivity index (χ4n) is 0.857. The summed E-state index contributed by atoms with van der Waals surface area (Å²) in [5, 5.41) is 8.66. The molecule has 4 heteroatoms. The Balaban J connectivity index is 3.13. The van der Waals surface area contributed by atoms with Crippen molar-refractivity contribution in [1.29, 1.82) is 0 Å². The fourth-order valence-corrected chi connectivity index (χ4v) is 1.33. The van der Waals surface area contributed by atoms with Crippen LogP contribution in [0.4, 0.5) is 0 Å². The molecule has 14 heavy (non-hydrogen) atoms. The Morgan fingerprint density at radius 1 is 1.50 bits per heavy atom. The lowest BCUT2D eigenvalue weighted by Crippen LogP contribution is -1.96. The maximum Gasteiger partial charge on any atom is 0.335 e. The van der Waals surface area contributed by atoms with Crippen LogP contribution >= 0.6 is 15.9 Å². The van der Waals surface area contributed by atoms with Crippen molar-refractivity contribution in [3.63, 3.8) is 0 Å². The lowest BCUT2D eigenvalue weighted by Gasteiger charge is -1.97. The van der Waals surface area contributed by atoms with E-state index >= 15 is 0 Å². The van der Waals surface area contributed by atoms with Gasteiger partial charge >= 0.3 is 5.97 Å². The molecule has 0 saturated heterocycles. The second-order valence-electron chi connectivity index (χ2n) is 2.39. The van der Waals surface area contributed by atoms with Crippen LogP contribution in [0, 0.1) is 11.8 Å². The van der Waals surface area contributed by atoms with Gasteiger partial charge in [-0.25, -0.2) is 4.79 Å². The third-order valence-corrected chi connectivity index (χ3v) is 2.14. The van der Waals surface area contributed by atoms with Crippen molar-refractivity contribution in [3.8, 4) is 11.8 Å². The second-order valence-corrected chi connectivity index (χ2v) is 3.24. The number of rotatable bonds is 1. The molecule has 0 aliphatic rings. The number of hydrogen-bond donors (Lipinski definition) is 1. The number of halogens is 1. The number of aldehydes is 1. The lowest BCUT2D eigenvalue weighted by molar-refractivity contribution is -0.103. The summed E-state index contributed by atoms with van der Waals surface area (Å²) in [6.07, 6.45) is 0.484. The summed E-state index contributed by atoms with van der Waals surface area (Å²) < 4.78 is 0.562.